The van der Waals surface area contributed by atoms with E-state index in [0.29, 0.717) is 19.3 Å². The van der Waals surface area contributed by atoms with Crippen molar-refractivity contribution in [3.05, 3.63) is 0 Å². The highest BCUT2D eigenvalue weighted by Crippen LogP contribution is 2.43. The first-order valence-corrected chi connectivity index (χ1v) is 6.85. The van der Waals surface area contributed by atoms with E-state index < -0.39 is 0 Å². The second-order valence-corrected chi connectivity index (χ2v) is 5.84. The molecular weight excluding hydrogens is 202 g/mol. The van der Waals surface area contributed by atoms with Gasteiger partial charge in [0.2, 0.25) is 0 Å². The van der Waals surface area contributed by atoms with E-state index in [1.807, 2.05) is 0 Å². The summed E-state index contributed by atoms with van der Waals surface area (Å²) in [7, 11) is 0. The van der Waals surface area contributed by atoms with E-state index in [0.717, 1.165) is 11.8 Å². The summed E-state index contributed by atoms with van der Waals surface area (Å²) in [6, 6.07) is 0.809. The molecule has 3 nitrogen and oxygen atoms in total. The summed E-state index contributed by atoms with van der Waals surface area (Å²) in [6.07, 6.45) is 8.05. The maximum Gasteiger partial charge on any atom is 0.0948 e. The Balaban J connectivity index is 1.50. The molecule has 1 aliphatic heterocycles. The molecule has 3 fully saturated rings. The molecule has 1 heterocycles. The lowest BCUT2D eigenvalue weighted by Gasteiger charge is -2.32. The van der Waals surface area contributed by atoms with E-state index >= 15 is 0 Å². The lowest BCUT2D eigenvalue weighted by molar-refractivity contribution is 0.119. The fourth-order valence-electron chi connectivity index (χ4n) is 3.38. The van der Waals surface area contributed by atoms with Crippen molar-refractivity contribution in [3.63, 3.8) is 0 Å². The number of rotatable bonds is 3. The third kappa shape index (κ3) is 2.41. The minimum absolute atomic E-state index is 0.183. The molecule has 92 valence electrons. The van der Waals surface area contributed by atoms with E-state index in [1.165, 1.54) is 38.5 Å². The lowest BCUT2D eigenvalue weighted by atomic mass is 9.82. The van der Waals surface area contributed by atoms with E-state index in [9.17, 15) is 5.11 Å². The van der Waals surface area contributed by atoms with Gasteiger partial charge in [0.15, 0.2) is 0 Å². The highest BCUT2D eigenvalue weighted by molar-refractivity contribution is 4.91. The van der Waals surface area contributed by atoms with Crippen LogP contribution in [0.2, 0.25) is 0 Å². The van der Waals surface area contributed by atoms with Crippen molar-refractivity contribution in [2.75, 3.05) is 13.2 Å². The van der Waals surface area contributed by atoms with E-state index in [-0.39, 0.29) is 12.1 Å². The summed E-state index contributed by atoms with van der Waals surface area (Å²) >= 11 is 0. The monoisotopic (exact) mass is 225 g/mol. The summed E-state index contributed by atoms with van der Waals surface area (Å²) in [5.41, 5.74) is 0. The van der Waals surface area contributed by atoms with Gasteiger partial charge >= 0.3 is 0 Å². The number of ether oxygens (including phenoxy) is 1. The van der Waals surface area contributed by atoms with Crippen molar-refractivity contribution in [3.8, 4) is 0 Å². The summed E-state index contributed by atoms with van der Waals surface area (Å²) in [5, 5.41) is 13.3. The first-order valence-electron chi connectivity index (χ1n) is 6.85. The fraction of sp³-hybridized carbons (Fsp3) is 1.00. The number of aliphatic hydroxyl groups excluding tert-OH is 1. The van der Waals surface area contributed by atoms with Crippen LogP contribution >= 0.6 is 0 Å². The van der Waals surface area contributed by atoms with E-state index in [1.54, 1.807) is 0 Å². The van der Waals surface area contributed by atoms with Gasteiger partial charge in [0.25, 0.3) is 0 Å². The van der Waals surface area contributed by atoms with Crippen molar-refractivity contribution in [1.82, 2.24) is 5.32 Å². The number of nitrogens with one attached hydrogen (secondary N) is 1. The Hall–Kier alpha value is -0.120. The molecule has 2 saturated carbocycles. The molecule has 0 aromatic heterocycles. The molecule has 0 radical (unpaired) electrons. The highest BCUT2D eigenvalue weighted by Gasteiger charge is 2.36. The summed E-state index contributed by atoms with van der Waals surface area (Å²) < 4.78 is 5.29. The standard InChI is InChI=1S/C13H23NO2/c15-13-8-16-7-12(13)14-11-3-1-2-10(6-11)9-4-5-9/h9-15H,1-8H2. The zero-order chi connectivity index (χ0) is 11.0. The molecule has 16 heavy (non-hydrogen) atoms. The highest BCUT2D eigenvalue weighted by atomic mass is 16.5. The van der Waals surface area contributed by atoms with Crippen molar-refractivity contribution in [2.45, 2.75) is 56.7 Å². The lowest BCUT2D eigenvalue weighted by Crippen LogP contribution is -2.46. The van der Waals surface area contributed by atoms with Crippen LogP contribution in [0.25, 0.3) is 0 Å². The predicted octanol–water partition coefficient (Wildman–Crippen LogP) is 1.30. The van der Waals surface area contributed by atoms with Crippen LogP contribution in [0.15, 0.2) is 0 Å². The van der Waals surface area contributed by atoms with Gasteiger partial charge in [-0.1, -0.05) is 12.8 Å². The van der Waals surface area contributed by atoms with E-state index in [2.05, 4.69) is 5.32 Å². The molecule has 0 bridgehead atoms. The normalized spacial score (nSPS) is 44.8. The molecular formula is C13H23NO2. The van der Waals surface area contributed by atoms with Gasteiger partial charge in [-0.2, -0.15) is 0 Å². The summed E-state index contributed by atoms with van der Waals surface area (Å²) in [6.45, 7) is 1.20. The zero-order valence-electron chi connectivity index (χ0n) is 9.90. The second-order valence-electron chi connectivity index (χ2n) is 5.84. The average Bonchev–Trinajstić information content (AvgIpc) is 3.06. The molecule has 0 aromatic carbocycles. The van der Waals surface area contributed by atoms with Gasteiger partial charge in [-0.25, -0.2) is 0 Å². The zero-order valence-corrected chi connectivity index (χ0v) is 9.90. The molecule has 4 unspecified atom stereocenters. The van der Waals surface area contributed by atoms with Gasteiger partial charge < -0.3 is 15.2 Å². The van der Waals surface area contributed by atoms with Gasteiger partial charge in [-0.05, 0) is 37.5 Å². The van der Waals surface area contributed by atoms with Crippen LogP contribution in [-0.2, 0) is 4.74 Å². The molecule has 0 aromatic rings. The maximum absolute atomic E-state index is 9.72. The average molecular weight is 225 g/mol. The Morgan fingerprint density at radius 3 is 2.56 bits per heavy atom. The first kappa shape index (κ1) is 11.0. The van der Waals surface area contributed by atoms with Crippen molar-refractivity contribution < 1.29 is 9.84 Å². The fourth-order valence-corrected chi connectivity index (χ4v) is 3.38. The number of hydrogen-bond acceptors (Lipinski definition) is 3. The molecule has 0 amide bonds. The molecule has 2 N–H and O–H groups in total. The molecule has 4 atom stereocenters. The van der Waals surface area contributed by atoms with Crippen LogP contribution in [-0.4, -0.2) is 36.5 Å². The largest absolute Gasteiger partial charge is 0.389 e. The first-order chi connectivity index (χ1) is 7.83. The molecule has 0 spiro atoms. The van der Waals surface area contributed by atoms with Gasteiger partial charge in [-0.15, -0.1) is 0 Å². The van der Waals surface area contributed by atoms with Crippen LogP contribution < -0.4 is 5.32 Å². The van der Waals surface area contributed by atoms with Gasteiger partial charge in [-0.3, -0.25) is 0 Å². The van der Waals surface area contributed by atoms with Gasteiger partial charge in [0, 0.05) is 6.04 Å². The Labute approximate surface area is 97.6 Å². The minimum atomic E-state index is -0.290. The topological polar surface area (TPSA) is 41.5 Å². The Morgan fingerprint density at radius 2 is 1.88 bits per heavy atom. The minimum Gasteiger partial charge on any atom is -0.389 e. The molecule has 3 aliphatic rings. The Bertz CT molecular complexity index is 242. The SMILES string of the molecule is OC1COCC1NC1CCCC(C2CC2)C1. The second kappa shape index (κ2) is 4.63. The number of hydrogen-bond donors (Lipinski definition) is 2. The quantitative estimate of drug-likeness (QED) is 0.761. The summed E-state index contributed by atoms with van der Waals surface area (Å²) in [5.74, 6) is 2.00. The Morgan fingerprint density at radius 1 is 1.00 bits per heavy atom. The third-order valence-electron chi connectivity index (χ3n) is 4.50. The maximum atomic E-state index is 9.72. The van der Waals surface area contributed by atoms with Crippen molar-refractivity contribution in [2.24, 2.45) is 11.8 Å². The summed E-state index contributed by atoms with van der Waals surface area (Å²) in [4.78, 5) is 0. The molecule has 1 saturated heterocycles. The van der Waals surface area contributed by atoms with Crippen LogP contribution in [0.5, 0.6) is 0 Å². The Kier molecular flexibility index (Phi) is 3.18. The molecule has 3 rings (SSSR count). The van der Waals surface area contributed by atoms with E-state index in [4.69, 9.17) is 4.74 Å². The molecule has 3 heteroatoms. The van der Waals surface area contributed by atoms with Crippen LogP contribution in [0, 0.1) is 11.8 Å². The third-order valence-corrected chi connectivity index (χ3v) is 4.50. The van der Waals surface area contributed by atoms with Gasteiger partial charge in [0.05, 0.1) is 25.4 Å². The van der Waals surface area contributed by atoms with Crippen LogP contribution in [0.3, 0.4) is 0 Å². The van der Waals surface area contributed by atoms with Crippen molar-refractivity contribution >= 4 is 0 Å². The smallest absolute Gasteiger partial charge is 0.0948 e. The molecule has 2 aliphatic carbocycles. The van der Waals surface area contributed by atoms with Crippen LogP contribution in [0.1, 0.15) is 38.5 Å². The number of aliphatic hydroxyl groups is 1. The van der Waals surface area contributed by atoms with Gasteiger partial charge in [0.1, 0.15) is 0 Å². The predicted molar refractivity (Wildman–Crippen MR) is 62.2 cm³/mol. The van der Waals surface area contributed by atoms with Crippen molar-refractivity contribution in [1.29, 1.82) is 0 Å². The van der Waals surface area contributed by atoms with Crippen LogP contribution in [0.4, 0.5) is 0 Å².